The van der Waals surface area contributed by atoms with Gasteiger partial charge in [-0.3, -0.25) is 0 Å². The molecule has 1 aromatic heterocycles. The first-order chi connectivity index (χ1) is 6.93. The summed E-state index contributed by atoms with van der Waals surface area (Å²) >= 11 is 0. The molecule has 0 spiro atoms. The minimum absolute atomic E-state index is 0.561. The minimum atomic E-state index is 0.561. The SMILES string of the molecule is c1cc([C@H]2CN2)cc(-n2cccn2)c1. The first-order valence-corrected chi connectivity index (χ1v) is 4.77. The largest absolute Gasteiger partial charge is 0.307 e. The van der Waals surface area contributed by atoms with Crippen molar-refractivity contribution < 1.29 is 0 Å². The molecule has 1 aromatic carbocycles. The van der Waals surface area contributed by atoms with Gasteiger partial charge in [-0.25, -0.2) is 4.68 Å². The quantitative estimate of drug-likeness (QED) is 0.720. The molecular formula is C11H11N3. The molecule has 1 aliphatic heterocycles. The lowest BCUT2D eigenvalue weighted by molar-refractivity contribution is 0.876. The van der Waals surface area contributed by atoms with Gasteiger partial charge in [-0.05, 0) is 23.8 Å². The van der Waals surface area contributed by atoms with E-state index in [1.807, 2.05) is 16.9 Å². The summed E-state index contributed by atoms with van der Waals surface area (Å²) in [7, 11) is 0. The second kappa shape index (κ2) is 2.96. The smallest absolute Gasteiger partial charge is 0.0648 e. The van der Waals surface area contributed by atoms with E-state index in [2.05, 4.69) is 34.7 Å². The van der Waals surface area contributed by atoms with Gasteiger partial charge in [-0.1, -0.05) is 12.1 Å². The van der Waals surface area contributed by atoms with E-state index < -0.39 is 0 Å². The molecule has 2 aromatic rings. The van der Waals surface area contributed by atoms with Crippen LogP contribution in [-0.4, -0.2) is 16.3 Å². The molecule has 70 valence electrons. The second-order valence-electron chi connectivity index (χ2n) is 3.51. The molecular weight excluding hydrogens is 174 g/mol. The van der Waals surface area contributed by atoms with E-state index in [-0.39, 0.29) is 0 Å². The highest BCUT2D eigenvalue weighted by molar-refractivity contribution is 5.37. The van der Waals surface area contributed by atoms with Gasteiger partial charge in [0.2, 0.25) is 0 Å². The fraction of sp³-hybridized carbons (Fsp3) is 0.182. The van der Waals surface area contributed by atoms with Gasteiger partial charge in [0.25, 0.3) is 0 Å². The van der Waals surface area contributed by atoms with Crippen LogP contribution in [0.3, 0.4) is 0 Å². The Labute approximate surface area is 82.4 Å². The highest BCUT2D eigenvalue weighted by atomic mass is 15.3. The minimum Gasteiger partial charge on any atom is -0.307 e. The van der Waals surface area contributed by atoms with Crippen LogP contribution in [0.2, 0.25) is 0 Å². The third-order valence-electron chi connectivity index (χ3n) is 2.45. The Hall–Kier alpha value is -1.61. The number of hydrogen-bond donors (Lipinski definition) is 1. The third kappa shape index (κ3) is 1.32. The maximum Gasteiger partial charge on any atom is 0.0648 e. The molecule has 0 saturated carbocycles. The monoisotopic (exact) mass is 185 g/mol. The van der Waals surface area contributed by atoms with Crippen molar-refractivity contribution in [3.05, 3.63) is 48.3 Å². The molecule has 0 aliphatic carbocycles. The van der Waals surface area contributed by atoms with Crippen LogP contribution < -0.4 is 5.32 Å². The fourth-order valence-electron chi connectivity index (χ4n) is 1.60. The molecule has 3 nitrogen and oxygen atoms in total. The van der Waals surface area contributed by atoms with E-state index in [1.165, 1.54) is 5.56 Å². The Kier molecular flexibility index (Phi) is 1.64. The van der Waals surface area contributed by atoms with Crippen LogP contribution in [0.25, 0.3) is 5.69 Å². The van der Waals surface area contributed by atoms with E-state index >= 15 is 0 Å². The molecule has 1 fully saturated rings. The molecule has 1 aliphatic rings. The third-order valence-corrected chi connectivity index (χ3v) is 2.45. The lowest BCUT2D eigenvalue weighted by Crippen LogP contribution is -1.95. The van der Waals surface area contributed by atoms with Crippen molar-refractivity contribution in [1.29, 1.82) is 0 Å². The number of benzene rings is 1. The molecule has 1 atom stereocenters. The second-order valence-corrected chi connectivity index (χ2v) is 3.51. The predicted molar refractivity (Wildman–Crippen MR) is 54.3 cm³/mol. The van der Waals surface area contributed by atoms with Crippen LogP contribution >= 0.6 is 0 Å². The summed E-state index contributed by atoms with van der Waals surface area (Å²) < 4.78 is 1.88. The molecule has 0 bridgehead atoms. The van der Waals surface area contributed by atoms with Crippen LogP contribution in [0, 0.1) is 0 Å². The predicted octanol–water partition coefficient (Wildman–Crippen LogP) is 1.52. The Morgan fingerprint density at radius 3 is 3.00 bits per heavy atom. The first kappa shape index (κ1) is 7.76. The van der Waals surface area contributed by atoms with Crippen molar-refractivity contribution in [2.24, 2.45) is 0 Å². The Morgan fingerprint density at radius 1 is 1.36 bits per heavy atom. The van der Waals surface area contributed by atoms with Crippen molar-refractivity contribution in [2.75, 3.05) is 6.54 Å². The van der Waals surface area contributed by atoms with Crippen LogP contribution in [-0.2, 0) is 0 Å². The van der Waals surface area contributed by atoms with Crippen molar-refractivity contribution in [3.63, 3.8) is 0 Å². The van der Waals surface area contributed by atoms with E-state index in [4.69, 9.17) is 0 Å². The summed E-state index contributed by atoms with van der Waals surface area (Å²) in [5.41, 5.74) is 2.47. The number of aromatic nitrogens is 2. The standard InChI is InChI=1S/C11H11N3/c1-3-9(11-8-12-11)7-10(4-1)14-6-2-5-13-14/h1-7,11-12H,8H2/t11-/m1/s1. The van der Waals surface area contributed by atoms with Crippen LogP contribution in [0.4, 0.5) is 0 Å². The Balaban J connectivity index is 2.02. The maximum absolute atomic E-state index is 4.20. The highest BCUT2D eigenvalue weighted by Gasteiger charge is 2.22. The number of nitrogens with one attached hydrogen (secondary N) is 1. The molecule has 0 radical (unpaired) electrons. The van der Waals surface area contributed by atoms with Crippen LogP contribution in [0.15, 0.2) is 42.7 Å². The zero-order valence-electron chi connectivity index (χ0n) is 7.72. The maximum atomic E-state index is 4.20. The van der Waals surface area contributed by atoms with Crippen molar-refractivity contribution in [3.8, 4) is 5.69 Å². The average molecular weight is 185 g/mol. The zero-order chi connectivity index (χ0) is 9.38. The lowest BCUT2D eigenvalue weighted by atomic mass is 10.1. The van der Waals surface area contributed by atoms with Gasteiger partial charge in [-0.2, -0.15) is 5.10 Å². The first-order valence-electron chi connectivity index (χ1n) is 4.77. The summed E-state index contributed by atoms with van der Waals surface area (Å²) in [4.78, 5) is 0. The van der Waals surface area contributed by atoms with Gasteiger partial charge < -0.3 is 5.32 Å². The van der Waals surface area contributed by atoms with E-state index in [0.717, 1.165) is 12.2 Å². The summed E-state index contributed by atoms with van der Waals surface area (Å²) in [6.07, 6.45) is 3.75. The summed E-state index contributed by atoms with van der Waals surface area (Å²) in [5.74, 6) is 0. The van der Waals surface area contributed by atoms with Gasteiger partial charge in [0.15, 0.2) is 0 Å². The van der Waals surface area contributed by atoms with Crippen LogP contribution in [0.1, 0.15) is 11.6 Å². The van der Waals surface area contributed by atoms with Gasteiger partial charge in [0.1, 0.15) is 0 Å². The molecule has 2 heterocycles. The Bertz CT molecular complexity index is 430. The molecule has 1 N–H and O–H groups in total. The zero-order valence-corrected chi connectivity index (χ0v) is 7.72. The topological polar surface area (TPSA) is 39.8 Å². The van der Waals surface area contributed by atoms with Crippen LogP contribution in [0.5, 0.6) is 0 Å². The van der Waals surface area contributed by atoms with Gasteiger partial charge in [0, 0.05) is 25.0 Å². The summed E-state index contributed by atoms with van der Waals surface area (Å²) in [5, 5.41) is 7.50. The number of nitrogens with zero attached hydrogens (tertiary/aromatic N) is 2. The lowest BCUT2D eigenvalue weighted by Gasteiger charge is -2.03. The molecule has 0 unspecified atom stereocenters. The molecule has 0 amide bonds. The summed E-state index contributed by atoms with van der Waals surface area (Å²) in [6, 6.07) is 11.0. The average Bonchev–Trinajstić information content (AvgIpc) is 2.94. The van der Waals surface area contributed by atoms with Gasteiger partial charge >= 0.3 is 0 Å². The van der Waals surface area contributed by atoms with E-state index in [0.29, 0.717) is 6.04 Å². The van der Waals surface area contributed by atoms with Crippen molar-refractivity contribution >= 4 is 0 Å². The number of hydrogen-bond acceptors (Lipinski definition) is 2. The fourth-order valence-corrected chi connectivity index (χ4v) is 1.60. The van der Waals surface area contributed by atoms with Gasteiger partial charge in [0.05, 0.1) is 5.69 Å². The molecule has 1 saturated heterocycles. The molecule has 3 heteroatoms. The normalized spacial score (nSPS) is 19.6. The summed E-state index contributed by atoms with van der Waals surface area (Å²) in [6.45, 7) is 1.10. The molecule has 3 rings (SSSR count). The highest BCUT2D eigenvalue weighted by Crippen LogP contribution is 2.22. The van der Waals surface area contributed by atoms with E-state index in [9.17, 15) is 0 Å². The van der Waals surface area contributed by atoms with Crippen molar-refractivity contribution in [2.45, 2.75) is 6.04 Å². The molecule has 14 heavy (non-hydrogen) atoms. The van der Waals surface area contributed by atoms with E-state index in [1.54, 1.807) is 6.20 Å². The number of rotatable bonds is 2. The van der Waals surface area contributed by atoms with Gasteiger partial charge in [-0.15, -0.1) is 0 Å². The van der Waals surface area contributed by atoms with Crippen molar-refractivity contribution in [1.82, 2.24) is 15.1 Å². The Morgan fingerprint density at radius 2 is 2.29 bits per heavy atom.